The molecule has 0 aliphatic carbocycles. The van der Waals surface area contributed by atoms with Crippen molar-refractivity contribution in [1.82, 2.24) is 20.1 Å². The summed E-state index contributed by atoms with van der Waals surface area (Å²) in [4.78, 5) is 6.45. The Bertz CT molecular complexity index is 636. The Balaban J connectivity index is 1.56. The molecule has 7 nitrogen and oxygen atoms in total. The molecule has 2 saturated heterocycles. The zero-order valence-corrected chi connectivity index (χ0v) is 12.4. The number of rotatable bonds is 3. The molecule has 4 rings (SSSR count). The summed E-state index contributed by atoms with van der Waals surface area (Å²) in [5.74, 6) is 0.916. The van der Waals surface area contributed by atoms with E-state index in [9.17, 15) is 0 Å². The number of nitrogens with zero attached hydrogens (tertiary/aromatic N) is 4. The van der Waals surface area contributed by atoms with Crippen LogP contribution in [0.4, 0.5) is 11.6 Å². The van der Waals surface area contributed by atoms with Crippen molar-refractivity contribution < 1.29 is 4.74 Å². The number of ether oxygens (including phenoxy) is 1. The van der Waals surface area contributed by atoms with E-state index in [0.717, 1.165) is 38.5 Å². The van der Waals surface area contributed by atoms with Gasteiger partial charge in [-0.25, -0.2) is 9.67 Å². The van der Waals surface area contributed by atoms with E-state index < -0.39 is 0 Å². The third-order valence-electron chi connectivity index (χ3n) is 4.45. The van der Waals surface area contributed by atoms with Crippen molar-refractivity contribution in [2.45, 2.75) is 6.04 Å². The molecule has 116 valence electrons. The monoisotopic (exact) mass is 300 g/mol. The molecular formula is C15H20N6O. The predicted molar refractivity (Wildman–Crippen MR) is 84.1 cm³/mol. The molecule has 2 fully saturated rings. The first-order valence-electron chi connectivity index (χ1n) is 7.64. The first-order valence-corrected chi connectivity index (χ1v) is 7.64. The normalized spacial score (nSPS) is 22.5. The van der Waals surface area contributed by atoms with Gasteiger partial charge in [0.05, 0.1) is 18.9 Å². The van der Waals surface area contributed by atoms with Gasteiger partial charge in [-0.3, -0.25) is 0 Å². The van der Waals surface area contributed by atoms with Crippen LogP contribution in [0.1, 0.15) is 0 Å². The molecule has 2 aliphatic heterocycles. The van der Waals surface area contributed by atoms with Crippen LogP contribution in [-0.2, 0) is 4.74 Å². The van der Waals surface area contributed by atoms with Crippen molar-refractivity contribution in [3.8, 4) is 5.69 Å². The highest BCUT2D eigenvalue weighted by molar-refractivity contribution is 5.52. The van der Waals surface area contributed by atoms with E-state index in [0.29, 0.717) is 12.0 Å². The second-order valence-corrected chi connectivity index (χ2v) is 5.83. The standard InChI is InChI=1S/C15H20N6O/c16-15-18-10-21(19-15)13-3-1-12(2-4-13)20-6-5-17-7-14(20)11-8-22-9-11/h1-4,10-11,14,17H,5-9H2,(H2,16,19). The summed E-state index contributed by atoms with van der Waals surface area (Å²) in [6.07, 6.45) is 1.63. The van der Waals surface area contributed by atoms with Gasteiger partial charge < -0.3 is 20.7 Å². The number of benzene rings is 1. The van der Waals surface area contributed by atoms with Crippen molar-refractivity contribution in [3.05, 3.63) is 30.6 Å². The Labute approximate surface area is 129 Å². The fraction of sp³-hybridized carbons (Fsp3) is 0.467. The third-order valence-corrected chi connectivity index (χ3v) is 4.45. The average Bonchev–Trinajstić information content (AvgIpc) is 2.93. The first kappa shape index (κ1) is 13.5. The van der Waals surface area contributed by atoms with Crippen LogP contribution in [0, 0.1) is 5.92 Å². The Morgan fingerprint density at radius 2 is 1.95 bits per heavy atom. The molecule has 0 radical (unpaired) electrons. The van der Waals surface area contributed by atoms with E-state index in [1.54, 1.807) is 11.0 Å². The van der Waals surface area contributed by atoms with Crippen LogP contribution in [0.5, 0.6) is 0 Å². The lowest BCUT2D eigenvalue weighted by Gasteiger charge is -2.45. The lowest BCUT2D eigenvalue weighted by molar-refractivity contribution is -0.0459. The number of piperazine rings is 1. The molecule has 22 heavy (non-hydrogen) atoms. The maximum absolute atomic E-state index is 5.57. The minimum absolute atomic E-state index is 0.288. The SMILES string of the molecule is Nc1ncn(-c2ccc(N3CCNCC3C3COC3)cc2)n1. The van der Waals surface area contributed by atoms with E-state index in [2.05, 4.69) is 44.6 Å². The van der Waals surface area contributed by atoms with Crippen molar-refractivity contribution >= 4 is 11.6 Å². The maximum Gasteiger partial charge on any atom is 0.239 e. The number of nitrogens with two attached hydrogens (primary N) is 1. The number of nitrogens with one attached hydrogen (secondary N) is 1. The van der Waals surface area contributed by atoms with Crippen molar-refractivity contribution in [3.63, 3.8) is 0 Å². The number of hydrogen-bond donors (Lipinski definition) is 2. The van der Waals surface area contributed by atoms with Gasteiger partial charge in [-0.05, 0) is 24.3 Å². The summed E-state index contributed by atoms with van der Waals surface area (Å²) < 4.78 is 7.06. The van der Waals surface area contributed by atoms with Crippen molar-refractivity contribution in [1.29, 1.82) is 0 Å². The van der Waals surface area contributed by atoms with Gasteiger partial charge in [0.15, 0.2) is 0 Å². The van der Waals surface area contributed by atoms with Crippen LogP contribution < -0.4 is 16.0 Å². The molecule has 3 N–H and O–H groups in total. The second-order valence-electron chi connectivity index (χ2n) is 5.83. The highest BCUT2D eigenvalue weighted by Crippen LogP contribution is 2.27. The Morgan fingerprint density at radius 3 is 2.59 bits per heavy atom. The molecule has 2 aromatic rings. The van der Waals surface area contributed by atoms with Crippen molar-refractivity contribution in [2.24, 2.45) is 5.92 Å². The van der Waals surface area contributed by atoms with Crippen LogP contribution in [-0.4, -0.2) is 53.7 Å². The molecule has 1 unspecified atom stereocenters. The zero-order valence-electron chi connectivity index (χ0n) is 12.4. The molecule has 0 spiro atoms. The predicted octanol–water partition coefficient (Wildman–Crippen LogP) is 0.274. The highest BCUT2D eigenvalue weighted by Gasteiger charge is 2.34. The molecule has 3 heterocycles. The van der Waals surface area contributed by atoms with Gasteiger partial charge in [-0.15, -0.1) is 5.10 Å². The van der Waals surface area contributed by atoms with E-state index in [-0.39, 0.29) is 5.95 Å². The smallest absolute Gasteiger partial charge is 0.239 e. The minimum Gasteiger partial charge on any atom is -0.381 e. The minimum atomic E-state index is 0.288. The summed E-state index contributed by atoms with van der Waals surface area (Å²) >= 11 is 0. The molecule has 0 saturated carbocycles. The van der Waals surface area contributed by atoms with Crippen LogP contribution in [0.15, 0.2) is 30.6 Å². The van der Waals surface area contributed by atoms with Gasteiger partial charge >= 0.3 is 0 Å². The topological polar surface area (TPSA) is 81.2 Å². The van der Waals surface area contributed by atoms with E-state index >= 15 is 0 Å². The number of nitrogen functional groups attached to an aromatic ring is 1. The molecule has 1 aromatic carbocycles. The number of anilines is 2. The van der Waals surface area contributed by atoms with E-state index in [1.165, 1.54) is 5.69 Å². The summed E-state index contributed by atoms with van der Waals surface area (Å²) in [5.41, 5.74) is 7.78. The fourth-order valence-corrected chi connectivity index (χ4v) is 3.14. The molecule has 1 aromatic heterocycles. The molecule has 0 bridgehead atoms. The van der Waals surface area contributed by atoms with Gasteiger partial charge in [-0.2, -0.15) is 0 Å². The van der Waals surface area contributed by atoms with Crippen LogP contribution >= 0.6 is 0 Å². The van der Waals surface area contributed by atoms with Gasteiger partial charge in [0.1, 0.15) is 6.33 Å². The van der Waals surface area contributed by atoms with Gasteiger partial charge in [-0.1, -0.05) is 0 Å². The molecule has 7 heteroatoms. The molecular weight excluding hydrogens is 280 g/mol. The summed E-state index contributed by atoms with van der Waals surface area (Å²) in [6, 6.07) is 8.91. The summed E-state index contributed by atoms with van der Waals surface area (Å²) in [6.45, 7) is 4.82. The van der Waals surface area contributed by atoms with Crippen LogP contribution in [0.2, 0.25) is 0 Å². The largest absolute Gasteiger partial charge is 0.381 e. The quantitative estimate of drug-likeness (QED) is 0.847. The average molecular weight is 300 g/mol. The Hall–Kier alpha value is -2.12. The van der Waals surface area contributed by atoms with E-state index in [1.807, 2.05) is 0 Å². The lowest BCUT2D eigenvalue weighted by Crippen LogP contribution is -2.58. The third kappa shape index (κ3) is 2.42. The van der Waals surface area contributed by atoms with Gasteiger partial charge in [0.25, 0.3) is 0 Å². The molecule has 2 aliphatic rings. The molecule has 1 atom stereocenters. The molecule has 0 amide bonds. The highest BCUT2D eigenvalue weighted by atomic mass is 16.5. The maximum atomic E-state index is 5.57. The zero-order chi connectivity index (χ0) is 14.9. The van der Waals surface area contributed by atoms with Crippen molar-refractivity contribution in [2.75, 3.05) is 43.5 Å². The van der Waals surface area contributed by atoms with Gasteiger partial charge in [0, 0.05) is 37.3 Å². The Morgan fingerprint density at radius 1 is 1.18 bits per heavy atom. The van der Waals surface area contributed by atoms with Crippen LogP contribution in [0.3, 0.4) is 0 Å². The second kappa shape index (κ2) is 5.58. The number of aromatic nitrogens is 3. The van der Waals surface area contributed by atoms with Gasteiger partial charge in [0.2, 0.25) is 5.95 Å². The lowest BCUT2D eigenvalue weighted by atomic mass is 9.94. The van der Waals surface area contributed by atoms with Crippen LogP contribution in [0.25, 0.3) is 5.69 Å². The first-order chi connectivity index (χ1) is 10.8. The Kier molecular flexibility index (Phi) is 3.44. The number of hydrogen-bond acceptors (Lipinski definition) is 6. The van der Waals surface area contributed by atoms with E-state index in [4.69, 9.17) is 10.5 Å². The summed E-state index contributed by atoms with van der Waals surface area (Å²) in [7, 11) is 0. The summed E-state index contributed by atoms with van der Waals surface area (Å²) in [5, 5.41) is 7.62. The fourth-order valence-electron chi connectivity index (χ4n) is 3.14.